The lowest BCUT2D eigenvalue weighted by atomic mass is 10.1. The number of carbonyl (C=O) groups is 1. The second-order valence-corrected chi connectivity index (χ2v) is 7.64. The van der Waals surface area contributed by atoms with Crippen molar-refractivity contribution in [3.05, 3.63) is 70.1 Å². The van der Waals surface area contributed by atoms with Crippen molar-refractivity contribution in [1.82, 2.24) is 4.90 Å². The minimum absolute atomic E-state index is 0.0498. The fraction of sp³-hybridized carbons (Fsp3) is 0.273. The van der Waals surface area contributed by atoms with E-state index in [9.17, 15) is 4.79 Å². The lowest BCUT2D eigenvalue weighted by molar-refractivity contribution is -0.122. The zero-order valence-electron chi connectivity index (χ0n) is 15.7. The molecule has 1 amide bonds. The standard InChI is InChI=1S/C22H23N3OS/c1-3-23-22-25(4-2)21(26)20(27-22)13-16-9-11-19(12-10-16)24-14-17-7-5-6-8-18(17)15-24/h5-13H,3-4,14-15H2,1-2H3. The van der Waals surface area contributed by atoms with E-state index in [1.54, 1.807) is 4.90 Å². The first-order valence-corrected chi connectivity index (χ1v) is 10.2. The van der Waals surface area contributed by atoms with Gasteiger partial charge in [0.1, 0.15) is 0 Å². The molecule has 0 spiro atoms. The minimum atomic E-state index is 0.0498. The van der Waals surface area contributed by atoms with Crippen molar-refractivity contribution >= 4 is 34.6 Å². The van der Waals surface area contributed by atoms with Gasteiger partial charge >= 0.3 is 0 Å². The van der Waals surface area contributed by atoms with Crippen LogP contribution in [0.15, 0.2) is 58.4 Å². The summed E-state index contributed by atoms with van der Waals surface area (Å²) in [6, 6.07) is 17.1. The highest BCUT2D eigenvalue weighted by Gasteiger charge is 2.31. The number of hydrogen-bond acceptors (Lipinski definition) is 4. The number of aliphatic imine (C=N–C) groups is 1. The normalized spacial score (nSPS) is 19.4. The fourth-order valence-electron chi connectivity index (χ4n) is 3.49. The first-order valence-electron chi connectivity index (χ1n) is 9.37. The van der Waals surface area contributed by atoms with E-state index in [1.165, 1.54) is 28.6 Å². The number of likely N-dealkylation sites (N-methyl/N-ethyl adjacent to an activating group) is 1. The maximum Gasteiger partial charge on any atom is 0.266 e. The second-order valence-electron chi connectivity index (χ2n) is 6.63. The SMILES string of the molecule is CCN=C1SC(=Cc2ccc(N3Cc4ccccc4C3)cc2)C(=O)N1CC. The van der Waals surface area contributed by atoms with E-state index in [4.69, 9.17) is 0 Å². The Morgan fingerprint density at radius 2 is 1.70 bits per heavy atom. The Hall–Kier alpha value is -2.53. The molecule has 4 rings (SSSR count). The fourth-order valence-corrected chi connectivity index (χ4v) is 4.59. The van der Waals surface area contributed by atoms with Crippen molar-refractivity contribution < 1.29 is 4.79 Å². The molecule has 0 aliphatic carbocycles. The Kier molecular flexibility index (Phi) is 5.03. The topological polar surface area (TPSA) is 35.9 Å². The summed E-state index contributed by atoms with van der Waals surface area (Å²) in [5, 5.41) is 0.808. The number of hydrogen-bond donors (Lipinski definition) is 0. The molecule has 0 saturated carbocycles. The number of fused-ring (bicyclic) bond motifs is 1. The molecule has 0 bridgehead atoms. The van der Waals surface area contributed by atoms with Gasteiger partial charge in [0.15, 0.2) is 5.17 Å². The molecule has 2 aliphatic heterocycles. The highest BCUT2D eigenvalue weighted by atomic mass is 32.2. The zero-order chi connectivity index (χ0) is 18.8. The third kappa shape index (κ3) is 3.52. The van der Waals surface area contributed by atoms with E-state index in [1.807, 2.05) is 19.9 Å². The predicted octanol–water partition coefficient (Wildman–Crippen LogP) is 4.52. The average Bonchev–Trinajstić information content (AvgIpc) is 3.24. The van der Waals surface area contributed by atoms with Crippen molar-refractivity contribution in [2.45, 2.75) is 26.9 Å². The predicted molar refractivity (Wildman–Crippen MR) is 114 cm³/mol. The lowest BCUT2D eigenvalue weighted by Gasteiger charge is -2.17. The molecule has 0 atom stereocenters. The van der Waals surface area contributed by atoms with Crippen LogP contribution in [0.2, 0.25) is 0 Å². The van der Waals surface area contributed by atoms with E-state index in [0.29, 0.717) is 13.1 Å². The molecular formula is C22H23N3OS. The van der Waals surface area contributed by atoms with Crippen LogP contribution in [0, 0.1) is 0 Å². The summed E-state index contributed by atoms with van der Waals surface area (Å²) in [7, 11) is 0. The molecule has 138 valence electrons. The van der Waals surface area contributed by atoms with Gasteiger partial charge < -0.3 is 4.90 Å². The van der Waals surface area contributed by atoms with Crippen LogP contribution in [0.3, 0.4) is 0 Å². The molecule has 0 unspecified atom stereocenters. The highest BCUT2D eigenvalue weighted by Crippen LogP contribution is 2.33. The van der Waals surface area contributed by atoms with E-state index < -0.39 is 0 Å². The van der Waals surface area contributed by atoms with Gasteiger partial charge in [-0.25, -0.2) is 0 Å². The Morgan fingerprint density at radius 1 is 1.04 bits per heavy atom. The Labute approximate surface area is 164 Å². The lowest BCUT2D eigenvalue weighted by Crippen LogP contribution is -2.28. The van der Waals surface area contributed by atoms with Crippen molar-refractivity contribution in [3.8, 4) is 0 Å². The van der Waals surface area contributed by atoms with Crippen molar-refractivity contribution in [3.63, 3.8) is 0 Å². The first-order chi connectivity index (χ1) is 13.2. The molecule has 1 saturated heterocycles. The van der Waals surface area contributed by atoms with Crippen LogP contribution in [0.1, 0.15) is 30.5 Å². The van der Waals surface area contributed by atoms with Crippen molar-refractivity contribution in [2.75, 3.05) is 18.0 Å². The number of carbonyl (C=O) groups excluding carboxylic acids is 1. The molecule has 0 aromatic heterocycles. The number of thioether (sulfide) groups is 1. The summed E-state index contributed by atoms with van der Waals surface area (Å²) >= 11 is 1.47. The van der Waals surface area contributed by atoms with Crippen LogP contribution in [0.4, 0.5) is 5.69 Å². The van der Waals surface area contributed by atoms with Gasteiger partial charge in [-0.2, -0.15) is 0 Å². The maximum atomic E-state index is 12.6. The van der Waals surface area contributed by atoms with Gasteiger partial charge in [-0.1, -0.05) is 36.4 Å². The summed E-state index contributed by atoms with van der Waals surface area (Å²) in [4.78, 5) is 21.9. The molecule has 2 aromatic carbocycles. The van der Waals surface area contributed by atoms with E-state index >= 15 is 0 Å². The second kappa shape index (κ2) is 7.61. The first kappa shape index (κ1) is 17.9. The van der Waals surface area contributed by atoms with E-state index in [0.717, 1.165) is 28.7 Å². The van der Waals surface area contributed by atoms with Crippen molar-refractivity contribution in [1.29, 1.82) is 0 Å². The van der Waals surface area contributed by atoms with Gasteiger partial charge in [0.25, 0.3) is 5.91 Å². The quantitative estimate of drug-likeness (QED) is 0.735. The Morgan fingerprint density at radius 3 is 2.30 bits per heavy atom. The molecule has 0 N–H and O–H groups in total. The summed E-state index contributed by atoms with van der Waals surface area (Å²) < 4.78 is 0. The Bertz CT molecular complexity index is 892. The number of anilines is 1. The smallest absolute Gasteiger partial charge is 0.266 e. The van der Waals surface area contributed by atoms with Crippen LogP contribution in [0.5, 0.6) is 0 Å². The molecule has 27 heavy (non-hydrogen) atoms. The van der Waals surface area contributed by atoms with E-state index in [-0.39, 0.29) is 5.91 Å². The van der Waals surface area contributed by atoms with Gasteiger partial charge in [-0.05, 0) is 60.5 Å². The van der Waals surface area contributed by atoms with Crippen LogP contribution in [-0.2, 0) is 17.9 Å². The van der Waals surface area contributed by atoms with Crippen LogP contribution in [-0.4, -0.2) is 29.1 Å². The number of benzene rings is 2. The van der Waals surface area contributed by atoms with Crippen LogP contribution >= 0.6 is 11.8 Å². The maximum absolute atomic E-state index is 12.6. The Balaban J connectivity index is 1.51. The van der Waals surface area contributed by atoms with Crippen molar-refractivity contribution in [2.24, 2.45) is 4.99 Å². The average molecular weight is 378 g/mol. The minimum Gasteiger partial charge on any atom is -0.363 e. The number of rotatable bonds is 4. The van der Waals surface area contributed by atoms with Crippen LogP contribution in [0.25, 0.3) is 6.08 Å². The monoisotopic (exact) mass is 377 g/mol. The number of amides is 1. The summed E-state index contributed by atoms with van der Waals surface area (Å²) in [5.41, 5.74) is 5.06. The highest BCUT2D eigenvalue weighted by molar-refractivity contribution is 8.18. The van der Waals surface area contributed by atoms with E-state index in [2.05, 4.69) is 58.4 Å². The molecule has 0 radical (unpaired) electrons. The summed E-state index contributed by atoms with van der Waals surface area (Å²) in [6.07, 6.45) is 1.97. The van der Waals surface area contributed by atoms with Gasteiger partial charge in [0, 0.05) is 31.9 Å². The molecular weight excluding hydrogens is 354 g/mol. The molecule has 1 fully saturated rings. The van der Waals surface area contributed by atoms with Crippen LogP contribution < -0.4 is 4.90 Å². The molecule has 2 aromatic rings. The third-order valence-corrected chi connectivity index (χ3v) is 5.94. The number of nitrogens with zero attached hydrogens (tertiary/aromatic N) is 3. The zero-order valence-corrected chi connectivity index (χ0v) is 16.5. The number of amidine groups is 1. The summed E-state index contributed by atoms with van der Waals surface area (Å²) in [6.45, 7) is 7.21. The van der Waals surface area contributed by atoms with Gasteiger partial charge in [-0.15, -0.1) is 0 Å². The summed E-state index contributed by atoms with van der Waals surface area (Å²) in [5.74, 6) is 0.0498. The van der Waals surface area contributed by atoms with Gasteiger partial charge in [0.2, 0.25) is 0 Å². The molecule has 2 heterocycles. The van der Waals surface area contributed by atoms with Gasteiger partial charge in [-0.3, -0.25) is 14.7 Å². The molecule has 5 heteroatoms. The largest absolute Gasteiger partial charge is 0.363 e. The molecule has 4 nitrogen and oxygen atoms in total. The molecule has 2 aliphatic rings. The third-order valence-electron chi connectivity index (χ3n) is 4.89. The van der Waals surface area contributed by atoms with Gasteiger partial charge in [0.05, 0.1) is 4.91 Å².